The third kappa shape index (κ3) is 7.24. The second-order valence-corrected chi connectivity index (χ2v) is 12.2. The molecular weight excluding hydrogens is 562 g/mol. The third-order valence-corrected chi connectivity index (χ3v) is 8.32. The molecule has 1 aliphatic rings. The Morgan fingerprint density at radius 3 is 2.17 bits per heavy atom. The van der Waals surface area contributed by atoms with Gasteiger partial charge < -0.3 is 19.5 Å². The molecule has 0 unspecified atom stereocenters. The Hall–Kier alpha value is -3.49. The van der Waals surface area contributed by atoms with Crippen molar-refractivity contribution in [3.63, 3.8) is 0 Å². The van der Waals surface area contributed by atoms with Gasteiger partial charge in [0.15, 0.2) is 11.4 Å². The van der Waals surface area contributed by atoms with Crippen LogP contribution in [0.1, 0.15) is 40.9 Å². The number of aryl methyl sites for hydroxylation is 2. The molecule has 1 aliphatic heterocycles. The van der Waals surface area contributed by atoms with Crippen molar-refractivity contribution in [3.05, 3.63) is 87.9 Å². The third-order valence-electron chi connectivity index (χ3n) is 7.32. The van der Waals surface area contributed by atoms with E-state index < -0.39 is 23.6 Å². The standard InChI is InChI=1S/C32H34ClNO6S/c1-19-14-21(15-20(2)29(19)40-32(3,4)30(36)37)16-23-17-34(31(38)39-25-10-8-24(33)9-11-25)18-27(23)28(35)22-6-12-26(41-5)13-7-22/h6-15,23,27H,16-18H2,1-5H3,(H,36,37)/t23-,27-/m0/s1. The molecule has 0 aromatic heterocycles. The van der Waals surface area contributed by atoms with Crippen LogP contribution in [0.2, 0.25) is 5.02 Å². The van der Waals surface area contributed by atoms with E-state index in [1.807, 2.05) is 56.5 Å². The number of carboxylic acids is 1. The van der Waals surface area contributed by atoms with Crippen molar-refractivity contribution in [2.24, 2.45) is 11.8 Å². The number of hydrogen-bond donors (Lipinski definition) is 1. The molecule has 0 bridgehead atoms. The van der Waals surface area contributed by atoms with E-state index in [4.69, 9.17) is 21.1 Å². The van der Waals surface area contributed by atoms with Crippen LogP contribution in [0.5, 0.6) is 11.5 Å². The molecule has 41 heavy (non-hydrogen) atoms. The maximum absolute atomic E-state index is 13.7. The minimum absolute atomic E-state index is 0.0129. The van der Waals surface area contributed by atoms with Gasteiger partial charge in [-0.3, -0.25) is 4.79 Å². The first-order valence-corrected chi connectivity index (χ1v) is 14.9. The highest BCUT2D eigenvalue weighted by molar-refractivity contribution is 7.98. The molecule has 0 radical (unpaired) electrons. The number of likely N-dealkylation sites (tertiary alicyclic amines) is 1. The molecule has 3 aromatic carbocycles. The molecule has 0 spiro atoms. The number of hydrogen-bond acceptors (Lipinski definition) is 6. The smallest absolute Gasteiger partial charge is 0.415 e. The Bertz CT molecular complexity index is 1410. The van der Waals surface area contributed by atoms with Gasteiger partial charge in [0.05, 0.1) is 0 Å². The predicted molar refractivity (Wildman–Crippen MR) is 161 cm³/mol. The molecule has 3 aromatic rings. The van der Waals surface area contributed by atoms with Crippen molar-refractivity contribution in [3.8, 4) is 11.5 Å². The van der Waals surface area contributed by atoms with Crippen LogP contribution in [0.3, 0.4) is 0 Å². The van der Waals surface area contributed by atoms with Crippen molar-refractivity contribution in [2.45, 2.75) is 44.6 Å². The first-order chi connectivity index (χ1) is 19.4. The lowest BCUT2D eigenvalue weighted by atomic mass is 9.84. The molecule has 0 aliphatic carbocycles. The van der Waals surface area contributed by atoms with E-state index >= 15 is 0 Å². The number of amides is 1. The van der Waals surface area contributed by atoms with E-state index in [2.05, 4.69) is 0 Å². The molecule has 1 saturated heterocycles. The summed E-state index contributed by atoms with van der Waals surface area (Å²) in [5, 5.41) is 10.0. The van der Waals surface area contributed by atoms with Crippen molar-refractivity contribution in [1.29, 1.82) is 0 Å². The fourth-order valence-corrected chi connectivity index (χ4v) is 5.62. The predicted octanol–water partition coefficient (Wildman–Crippen LogP) is 7.09. The van der Waals surface area contributed by atoms with Crippen molar-refractivity contribution in [1.82, 2.24) is 4.90 Å². The molecule has 4 rings (SSSR count). The molecule has 7 nitrogen and oxygen atoms in total. The number of nitrogens with zero attached hydrogens (tertiary/aromatic N) is 1. The number of rotatable bonds is 9. The summed E-state index contributed by atoms with van der Waals surface area (Å²) in [6, 6.07) is 18.0. The summed E-state index contributed by atoms with van der Waals surface area (Å²) in [6.07, 6.45) is 2.02. The summed E-state index contributed by atoms with van der Waals surface area (Å²) >= 11 is 7.56. The van der Waals surface area contributed by atoms with Crippen molar-refractivity contribution < 1.29 is 29.0 Å². The van der Waals surface area contributed by atoms with Gasteiger partial charge in [0.25, 0.3) is 0 Å². The van der Waals surface area contributed by atoms with Gasteiger partial charge in [-0.25, -0.2) is 9.59 Å². The van der Waals surface area contributed by atoms with Gasteiger partial charge in [0, 0.05) is 34.5 Å². The second-order valence-electron chi connectivity index (χ2n) is 10.9. The van der Waals surface area contributed by atoms with E-state index in [-0.39, 0.29) is 18.2 Å². The van der Waals surface area contributed by atoms with Gasteiger partial charge in [-0.2, -0.15) is 0 Å². The Morgan fingerprint density at radius 1 is 1.00 bits per heavy atom. The highest BCUT2D eigenvalue weighted by Crippen LogP contribution is 2.34. The Kier molecular flexibility index (Phi) is 9.34. The summed E-state index contributed by atoms with van der Waals surface area (Å²) < 4.78 is 11.5. The zero-order chi connectivity index (χ0) is 29.9. The van der Waals surface area contributed by atoms with Crippen LogP contribution in [0, 0.1) is 25.7 Å². The van der Waals surface area contributed by atoms with E-state index in [0.717, 1.165) is 21.6 Å². The molecule has 1 amide bonds. The number of thioether (sulfide) groups is 1. The molecule has 1 N–H and O–H groups in total. The molecule has 1 fully saturated rings. The monoisotopic (exact) mass is 595 g/mol. The lowest BCUT2D eigenvalue weighted by molar-refractivity contribution is -0.152. The fraction of sp³-hybridized carbons (Fsp3) is 0.344. The van der Waals surface area contributed by atoms with Crippen LogP contribution in [0.4, 0.5) is 4.79 Å². The first-order valence-electron chi connectivity index (χ1n) is 13.3. The highest BCUT2D eigenvalue weighted by Gasteiger charge is 2.41. The van der Waals surface area contributed by atoms with Gasteiger partial charge in [-0.05, 0) is 99.4 Å². The lowest BCUT2D eigenvalue weighted by Crippen LogP contribution is -2.38. The molecular formula is C32H34ClNO6S. The van der Waals surface area contributed by atoms with Crippen LogP contribution in [0.15, 0.2) is 65.6 Å². The average Bonchev–Trinajstić information content (AvgIpc) is 3.35. The van der Waals surface area contributed by atoms with Crippen LogP contribution < -0.4 is 9.47 Å². The van der Waals surface area contributed by atoms with Crippen molar-refractivity contribution in [2.75, 3.05) is 19.3 Å². The Balaban J connectivity index is 1.59. The molecule has 216 valence electrons. The number of carboxylic acid groups (broad SMARTS) is 1. The molecule has 2 atom stereocenters. The van der Waals surface area contributed by atoms with Gasteiger partial charge in [0.2, 0.25) is 0 Å². The maximum atomic E-state index is 13.7. The van der Waals surface area contributed by atoms with Crippen LogP contribution in [0.25, 0.3) is 0 Å². The van der Waals surface area contributed by atoms with Gasteiger partial charge >= 0.3 is 12.1 Å². The number of Topliss-reactive ketones (excluding diaryl/α,β-unsaturated/α-hetero) is 1. The number of aliphatic carboxylic acids is 1. The number of ketones is 1. The molecule has 1 heterocycles. The largest absolute Gasteiger partial charge is 0.478 e. The average molecular weight is 596 g/mol. The van der Waals surface area contributed by atoms with Gasteiger partial charge in [-0.15, -0.1) is 11.8 Å². The zero-order valence-electron chi connectivity index (χ0n) is 23.8. The summed E-state index contributed by atoms with van der Waals surface area (Å²) in [5.74, 6) is -0.728. The molecule has 9 heteroatoms. The topological polar surface area (TPSA) is 93.1 Å². The highest BCUT2D eigenvalue weighted by atomic mass is 35.5. The maximum Gasteiger partial charge on any atom is 0.415 e. The number of carbonyl (C=O) groups is 3. The normalized spacial score (nSPS) is 16.9. The van der Waals surface area contributed by atoms with E-state index in [0.29, 0.717) is 35.1 Å². The number of benzene rings is 3. The first kappa shape index (κ1) is 30.5. The van der Waals surface area contributed by atoms with Gasteiger partial charge in [0.1, 0.15) is 11.5 Å². The van der Waals surface area contributed by atoms with Crippen LogP contribution >= 0.6 is 23.4 Å². The minimum Gasteiger partial charge on any atom is -0.478 e. The SMILES string of the molecule is CSc1ccc(C(=O)[C@H]2CN(C(=O)Oc3ccc(Cl)cc3)C[C@@H]2Cc2cc(C)c(OC(C)(C)C(=O)O)c(C)c2)cc1. The fourth-order valence-electron chi connectivity index (χ4n) is 5.08. The Morgan fingerprint density at radius 2 is 1.61 bits per heavy atom. The lowest BCUT2D eigenvalue weighted by Gasteiger charge is -2.25. The van der Waals surface area contributed by atoms with Crippen LogP contribution in [-0.2, 0) is 11.2 Å². The second kappa shape index (κ2) is 12.6. The Labute approximate surface area is 249 Å². The summed E-state index contributed by atoms with van der Waals surface area (Å²) in [5.41, 5.74) is 1.83. The minimum atomic E-state index is -1.38. The number of carbonyl (C=O) groups excluding carboxylic acids is 2. The van der Waals surface area contributed by atoms with E-state index in [9.17, 15) is 19.5 Å². The van der Waals surface area contributed by atoms with E-state index in [1.54, 1.807) is 40.9 Å². The number of halogens is 1. The summed E-state index contributed by atoms with van der Waals surface area (Å²) in [4.78, 5) is 41.1. The number of ether oxygens (including phenoxy) is 2. The van der Waals surface area contributed by atoms with E-state index in [1.165, 1.54) is 13.8 Å². The van der Waals surface area contributed by atoms with Crippen LogP contribution in [-0.4, -0.2) is 52.8 Å². The summed E-state index contributed by atoms with van der Waals surface area (Å²) in [6.45, 7) is 7.38. The summed E-state index contributed by atoms with van der Waals surface area (Å²) in [7, 11) is 0. The zero-order valence-corrected chi connectivity index (χ0v) is 25.3. The quantitative estimate of drug-likeness (QED) is 0.208. The molecule has 0 saturated carbocycles. The van der Waals surface area contributed by atoms with Crippen molar-refractivity contribution >= 4 is 41.2 Å². The van der Waals surface area contributed by atoms with Gasteiger partial charge in [-0.1, -0.05) is 35.9 Å².